The van der Waals surface area contributed by atoms with Gasteiger partial charge in [0.1, 0.15) is 24.3 Å². The number of fused-ring (bicyclic) bond motifs is 2. The zero-order valence-corrected chi connectivity index (χ0v) is 19.8. The number of hydrogen-bond donors (Lipinski definition) is 1. The van der Waals surface area contributed by atoms with Crippen LogP contribution in [0.4, 0.5) is 4.39 Å². The number of H-pyrrole nitrogens is 1. The Balaban J connectivity index is 1.20. The highest BCUT2D eigenvalue weighted by Gasteiger charge is 2.25. The molecule has 6 rings (SSSR count). The van der Waals surface area contributed by atoms with Gasteiger partial charge in [0.15, 0.2) is 17.3 Å². The van der Waals surface area contributed by atoms with E-state index < -0.39 is 5.82 Å². The number of hydrogen-bond acceptors (Lipinski definition) is 8. The summed E-state index contributed by atoms with van der Waals surface area (Å²) in [5, 5.41) is 11.9. The molecule has 5 aromatic rings. The van der Waals surface area contributed by atoms with Crippen LogP contribution in [0.25, 0.3) is 33.6 Å². The van der Waals surface area contributed by atoms with Crippen molar-refractivity contribution in [2.45, 2.75) is 13.1 Å². The Morgan fingerprint density at radius 3 is 2.84 bits per heavy atom. The van der Waals surface area contributed by atoms with E-state index in [-0.39, 0.29) is 18.3 Å². The maximum Gasteiger partial charge on any atom is 0.254 e. The molecular weight excluding hydrogens is 479 g/mol. The number of benzene rings is 2. The van der Waals surface area contributed by atoms with Gasteiger partial charge in [-0.05, 0) is 18.2 Å². The van der Waals surface area contributed by atoms with Crippen LogP contribution in [0.1, 0.15) is 21.6 Å². The lowest BCUT2D eigenvalue weighted by atomic mass is 10.1. The van der Waals surface area contributed by atoms with Crippen LogP contribution in [0.5, 0.6) is 5.75 Å². The second-order valence-electron chi connectivity index (χ2n) is 8.55. The van der Waals surface area contributed by atoms with Gasteiger partial charge in [-0.1, -0.05) is 17.3 Å². The molecule has 10 nitrogen and oxygen atoms in total. The summed E-state index contributed by atoms with van der Waals surface area (Å²) in [7, 11) is 1.55. The molecule has 3 aromatic heterocycles. The van der Waals surface area contributed by atoms with Crippen molar-refractivity contribution in [3.63, 3.8) is 0 Å². The molecule has 2 aromatic carbocycles. The maximum atomic E-state index is 14.6. The molecule has 0 saturated carbocycles. The van der Waals surface area contributed by atoms with Crippen molar-refractivity contribution in [3.05, 3.63) is 77.6 Å². The van der Waals surface area contributed by atoms with Gasteiger partial charge in [-0.3, -0.25) is 9.89 Å². The van der Waals surface area contributed by atoms with E-state index in [9.17, 15) is 9.18 Å². The summed E-state index contributed by atoms with van der Waals surface area (Å²) in [6.45, 7) is 1.53. The number of rotatable bonds is 7. The molecule has 0 radical (unpaired) electrons. The number of carbonyl (C=O) groups is 1. The summed E-state index contributed by atoms with van der Waals surface area (Å²) < 4.78 is 30.5. The van der Waals surface area contributed by atoms with Crippen molar-refractivity contribution in [2.75, 3.05) is 20.3 Å². The van der Waals surface area contributed by atoms with E-state index in [0.29, 0.717) is 53.3 Å². The molecule has 186 valence electrons. The van der Waals surface area contributed by atoms with Crippen LogP contribution in [0.2, 0.25) is 0 Å². The predicted octanol–water partition coefficient (Wildman–Crippen LogP) is 4.00. The fourth-order valence-electron chi connectivity index (χ4n) is 4.28. The van der Waals surface area contributed by atoms with Crippen LogP contribution < -0.4 is 4.74 Å². The first-order valence-electron chi connectivity index (χ1n) is 11.5. The summed E-state index contributed by atoms with van der Waals surface area (Å²) in [6, 6.07) is 11.8. The van der Waals surface area contributed by atoms with Crippen molar-refractivity contribution in [3.8, 4) is 28.5 Å². The van der Waals surface area contributed by atoms with Gasteiger partial charge in [-0.15, -0.1) is 0 Å². The topological polar surface area (TPSA) is 119 Å². The first-order chi connectivity index (χ1) is 18.1. The van der Waals surface area contributed by atoms with Crippen molar-refractivity contribution in [1.29, 1.82) is 0 Å². The molecule has 0 atom stereocenters. The van der Waals surface area contributed by atoms with Crippen LogP contribution >= 0.6 is 0 Å². The third kappa shape index (κ3) is 4.29. The minimum Gasteiger partial charge on any atom is -0.488 e. The van der Waals surface area contributed by atoms with E-state index in [1.807, 2.05) is 12.1 Å². The summed E-state index contributed by atoms with van der Waals surface area (Å²) in [5.74, 6) is -0.108. The lowest BCUT2D eigenvalue weighted by Gasteiger charge is -2.15. The quantitative estimate of drug-likeness (QED) is 0.333. The molecule has 37 heavy (non-hydrogen) atoms. The summed E-state index contributed by atoms with van der Waals surface area (Å²) >= 11 is 0. The van der Waals surface area contributed by atoms with Gasteiger partial charge in [0.25, 0.3) is 5.91 Å². The largest absolute Gasteiger partial charge is 0.488 e. The molecule has 1 aliphatic heterocycles. The van der Waals surface area contributed by atoms with Crippen molar-refractivity contribution < 1.29 is 23.2 Å². The number of carbonyl (C=O) groups excluding carboxylic acids is 1. The van der Waals surface area contributed by atoms with Crippen molar-refractivity contribution in [2.24, 2.45) is 0 Å². The Labute approximate surface area is 210 Å². The molecule has 0 bridgehead atoms. The summed E-state index contributed by atoms with van der Waals surface area (Å²) in [4.78, 5) is 23.0. The Morgan fingerprint density at radius 1 is 1.16 bits per heavy atom. The third-order valence-electron chi connectivity index (χ3n) is 6.20. The number of nitrogens with zero attached hydrogens (tertiary/aromatic N) is 5. The van der Waals surface area contributed by atoms with E-state index in [0.717, 1.165) is 16.8 Å². The fourth-order valence-corrected chi connectivity index (χ4v) is 4.28. The van der Waals surface area contributed by atoms with Gasteiger partial charge in [-0.25, -0.2) is 14.4 Å². The summed E-state index contributed by atoms with van der Waals surface area (Å²) in [6.07, 6.45) is 3.24. The minimum absolute atomic E-state index is 0.0824. The highest BCUT2D eigenvalue weighted by Crippen LogP contribution is 2.33. The Bertz CT molecular complexity index is 1570. The zero-order valence-electron chi connectivity index (χ0n) is 19.8. The average Bonchev–Trinajstić information content (AvgIpc) is 3.66. The molecule has 0 spiro atoms. The molecule has 0 unspecified atom stereocenters. The predicted molar refractivity (Wildman–Crippen MR) is 130 cm³/mol. The lowest BCUT2D eigenvalue weighted by Crippen LogP contribution is -2.25. The van der Waals surface area contributed by atoms with E-state index >= 15 is 0 Å². The Morgan fingerprint density at radius 2 is 2.03 bits per heavy atom. The number of halogens is 1. The normalized spacial score (nSPS) is 12.8. The standard InChI is InChI=1S/C26H21FN6O4/c1-35-6-7-36-23-10-21-18(8-19(23)27)25(31-30-21)24-9-20(32-37-24)15-2-4-16(5-3-15)26(34)33-12-17-11-28-14-29-22(17)13-33/h2-5,8-11,14H,6-7,12-13H2,1H3,(H,30,31). The number of amides is 1. The first kappa shape index (κ1) is 22.8. The highest BCUT2D eigenvalue weighted by molar-refractivity contribution is 5.95. The van der Waals surface area contributed by atoms with Gasteiger partial charge >= 0.3 is 0 Å². The van der Waals surface area contributed by atoms with Gasteiger partial charge in [0, 0.05) is 54.1 Å². The molecule has 1 amide bonds. The van der Waals surface area contributed by atoms with Crippen LogP contribution in [-0.4, -0.2) is 56.5 Å². The Hall–Kier alpha value is -4.64. The lowest BCUT2D eigenvalue weighted by molar-refractivity contribution is 0.0750. The zero-order chi connectivity index (χ0) is 25.4. The minimum atomic E-state index is -0.514. The smallest absolute Gasteiger partial charge is 0.254 e. The number of ether oxygens (including phenoxy) is 2. The van der Waals surface area contributed by atoms with Crippen LogP contribution in [-0.2, 0) is 17.8 Å². The maximum absolute atomic E-state index is 14.6. The first-order valence-corrected chi connectivity index (χ1v) is 11.5. The number of nitrogens with one attached hydrogen (secondary N) is 1. The van der Waals surface area contributed by atoms with Gasteiger partial charge in [-0.2, -0.15) is 5.10 Å². The van der Waals surface area contributed by atoms with E-state index in [1.54, 1.807) is 42.5 Å². The Kier molecular flexibility index (Phi) is 5.81. The van der Waals surface area contributed by atoms with Gasteiger partial charge in [0.05, 0.1) is 24.4 Å². The van der Waals surface area contributed by atoms with E-state index in [2.05, 4.69) is 25.3 Å². The molecule has 0 saturated heterocycles. The summed E-state index contributed by atoms with van der Waals surface area (Å²) in [5.41, 5.74) is 4.75. The molecule has 1 aliphatic rings. The second-order valence-corrected chi connectivity index (χ2v) is 8.55. The SMILES string of the molecule is COCCOc1cc2[nH]nc(-c3cc(-c4ccc(C(=O)N5Cc6cncnc6C5)cc4)no3)c2cc1F. The number of methoxy groups -OCH3 is 1. The molecule has 0 aliphatic carbocycles. The fraction of sp³-hybridized carbons (Fsp3) is 0.192. The molecular formula is C26H21FN6O4. The third-order valence-corrected chi connectivity index (χ3v) is 6.20. The second kappa shape index (κ2) is 9.43. The van der Waals surface area contributed by atoms with Crippen molar-refractivity contribution >= 4 is 16.8 Å². The van der Waals surface area contributed by atoms with Crippen LogP contribution in [0.15, 0.2) is 59.5 Å². The van der Waals surface area contributed by atoms with Crippen molar-refractivity contribution in [1.82, 2.24) is 30.2 Å². The van der Waals surface area contributed by atoms with Gasteiger partial charge in [0.2, 0.25) is 0 Å². The van der Waals surface area contributed by atoms with Crippen LogP contribution in [0, 0.1) is 5.82 Å². The molecule has 11 heteroatoms. The molecule has 0 fully saturated rings. The van der Waals surface area contributed by atoms with E-state index in [1.165, 1.54) is 12.4 Å². The highest BCUT2D eigenvalue weighted by atomic mass is 19.1. The van der Waals surface area contributed by atoms with Gasteiger partial charge < -0.3 is 18.9 Å². The average molecular weight is 500 g/mol. The number of aromatic nitrogens is 5. The van der Waals surface area contributed by atoms with E-state index in [4.69, 9.17) is 14.0 Å². The molecule has 1 N–H and O–H groups in total. The van der Waals surface area contributed by atoms with Crippen LogP contribution in [0.3, 0.4) is 0 Å². The number of aromatic amines is 1. The molecule has 4 heterocycles. The monoisotopic (exact) mass is 500 g/mol.